The van der Waals surface area contributed by atoms with Crippen LogP contribution in [0.2, 0.25) is 0 Å². The van der Waals surface area contributed by atoms with Crippen LogP contribution >= 0.6 is 11.3 Å². The number of benzene rings is 2. The number of carbonyl (C=O) groups is 2. The number of thiazole rings is 1. The summed E-state index contributed by atoms with van der Waals surface area (Å²) in [6, 6.07) is 14.0. The van der Waals surface area contributed by atoms with E-state index in [1.807, 2.05) is 37.4 Å². The molecule has 6 nitrogen and oxygen atoms in total. The van der Waals surface area contributed by atoms with Crippen LogP contribution in [-0.2, 0) is 16.1 Å². The van der Waals surface area contributed by atoms with Gasteiger partial charge >= 0.3 is 5.97 Å². The lowest BCUT2D eigenvalue weighted by Crippen LogP contribution is -2.30. The van der Waals surface area contributed by atoms with Gasteiger partial charge in [0, 0.05) is 11.1 Å². The van der Waals surface area contributed by atoms with Crippen molar-refractivity contribution in [2.75, 3.05) is 5.32 Å². The van der Waals surface area contributed by atoms with Crippen molar-refractivity contribution < 1.29 is 19.1 Å². The van der Waals surface area contributed by atoms with Crippen molar-refractivity contribution in [2.24, 2.45) is 0 Å². The van der Waals surface area contributed by atoms with Gasteiger partial charge in [-0.3, -0.25) is 4.79 Å². The first-order valence-corrected chi connectivity index (χ1v) is 10.0. The predicted octanol–water partition coefficient (Wildman–Crippen LogP) is 4.52. The van der Waals surface area contributed by atoms with E-state index in [0.717, 1.165) is 16.3 Å². The molecule has 29 heavy (non-hydrogen) atoms. The minimum absolute atomic E-state index is 0.344. The van der Waals surface area contributed by atoms with Crippen LogP contribution in [0.15, 0.2) is 53.9 Å². The Morgan fingerprint density at radius 3 is 2.55 bits per heavy atom. The summed E-state index contributed by atoms with van der Waals surface area (Å²) in [6.07, 6.45) is -0.924. The summed E-state index contributed by atoms with van der Waals surface area (Å²) in [5.74, 6) is -0.335. The second-order valence-electron chi connectivity index (χ2n) is 6.58. The van der Waals surface area contributed by atoms with Gasteiger partial charge in [0.15, 0.2) is 6.10 Å². The van der Waals surface area contributed by atoms with Crippen LogP contribution in [0, 0.1) is 13.8 Å². The average molecular weight is 410 g/mol. The molecule has 1 heterocycles. The summed E-state index contributed by atoms with van der Waals surface area (Å²) in [5.41, 5.74) is 2.90. The summed E-state index contributed by atoms with van der Waals surface area (Å²) in [5, 5.41) is 5.68. The molecule has 150 valence electrons. The molecule has 1 amide bonds. The SMILES string of the molecule is Cc1cccc(NC(=O)[C@H](C)OC(=O)c2ccc(OCc3csc(C)n3)cc2)c1. The summed E-state index contributed by atoms with van der Waals surface area (Å²) in [7, 11) is 0. The summed E-state index contributed by atoms with van der Waals surface area (Å²) >= 11 is 1.57. The molecule has 1 atom stereocenters. The number of aryl methyl sites for hydroxylation is 2. The maximum absolute atomic E-state index is 12.3. The number of hydrogen-bond donors (Lipinski definition) is 1. The van der Waals surface area contributed by atoms with E-state index in [9.17, 15) is 9.59 Å². The van der Waals surface area contributed by atoms with Crippen molar-refractivity contribution >= 4 is 28.9 Å². The molecule has 0 fully saturated rings. The monoisotopic (exact) mass is 410 g/mol. The van der Waals surface area contributed by atoms with Gasteiger partial charge in [-0.2, -0.15) is 0 Å². The van der Waals surface area contributed by atoms with E-state index in [0.29, 0.717) is 23.6 Å². The second-order valence-corrected chi connectivity index (χ2v) is 7.64. The standard InChI is InChI=1S/C22H22N2O4S/c1-14-5-4-6-18(11-14)24-21(25)15(2)28-22(26)17-7-9-20(10-8-17)27-12-19-13-29-16(3)23-19/h4-11,13,15H,12H2,1-3H3,(H,24,25)/t15-/m0/s1. The zero-order valence-corrected chi connectivity index (χ0v) is 17.3. The van der Waals surface area contributed by atoms with Crippen molar-refractivity contribution in [3.63, 3.8) is 0 Å². The smallest absolute Gasteiger partial charge is 0.338 e. The van der Waals surface area contributed by atoms with Crippen LogP contribution in [0.5, 0.6) is 5.75 Å². The molecule has 0 bridgehead atoms. The normalized spacial score (nSPS) is 11.6. The van der Waals surface area contributed by atoms with Crippen LogP contribution in [0.1, 0.15) is 33.5 Å². The van der Waals surface area contributed by atoms with Crippen LogP contribution in [-0.4, -0.2) is 23.0 Å². The van der Waals surface area contributed by atoms with Crippen molar-refractivity contribution in [1.82, 2.24) is 4.98 Å². The molecule has 0 saturated carbocycles. The van der Waals surface area contributed by atoms with E-state index in [4.69, 9.17) is 9.47 Å². The topological polar surface area (TPSA) is 77.5 Å². The molecule has 3 rings (SSSR count). The van der Waals surface area contributed by atoms with E-state index in [-0.39, 0.29) is 5.91 Å². The van der Waals surface area contributed by atoms with E-state index in [2.05, 4.69) is 10.3 Å². The molecular formula is C22H22N2O4S. The molecular weight excluding hydrogens is 388 g/mol. The van der Waals surface area contributed by atoms with Gasteiger partial charge in [0.05, 0.1) is 16.3 Å². The van der Waals surface area contributed by atoms with E-state index in [1.54, 1.807) is 41.7 Å². The minimum Gasteiger partial charge on any atom is -0.487 e. The second kappa shape index (κ2) is 9.34. The van der Waals surface area contributed by atoms with Gasteiger partial charge in [-0.25, -0.2) is 9.78 Å². The number of carbonyl (C=O) groups excluding carboxylic acids is 2. The van der Waals surface area contributed by atoms with Gasteiger partial charge in [-0.15, -0.1) is 11.3 Å². The van der Waals surface area contributed by atoms with Crippen LogP contribution in [0.3, 0.4) is 0 Å². The highest BCUT2D eigenvalue weighted by molar-refractivity contribution is 7.09. The summed E-state index contributed by atoms with van der Waals surface area (Å²) < 4.78 is 10.9. The van der Waals surface area contributed by atoms with Gasteiger partial charge in [0.1, 0.15) is 12.4 Å². The number of anilines is 1. The molecule has 0 unspecified atom stereocenters. The Labute approximate surface area is 173 Å². The fourth-order valence-corrected chi connectivity index (χ4v) is 3.17. The van der Waals surface area contributed by atoms with Gasteiger partial charge in [0.2, 0.25) is 0 Å². The van der Waals surface area contributed by atoms with Gasteiger partial charge in [-0.05, 0) is 62.7 Å². The fraction of sp³-hybridized carbons (Fsp3) is 0.227. The van der Waals surface area contributed by atoms with Crippen LogP contribution < -0.4 is 10.1 Å². The third-order valence-electron chi connectivity index (χ3n) is 4.08. The van der Waals surface area contributed by atoms with Crippen molar-refractivity contribution in [2.45, 2.75) is 33.5 Å². The molecule has 2 aromatic carbocycles. The molecule has 1 N–H and O–H groups in total. The number of amides is 1. The number of rotatable bonds is 7. The Kier molecular flexibility index (Phi) is 6.61. The maximum Gasteiger partial charge on any atom is 0.338 e. The quantitative estimate of drug-likeness (QED) is 0.580. The third-order valence-corrected chi connectivity index (χ3v) is 4.90. The zero-order valence-electron chi connectivity index (χ0n) is 16.5. The lowest BCUT2D eigenvalue weighted by molar-refractivity contribution is -0.123. The molecule has 0 radical (unpaired) electrons. The highest BCUT2D eigenvalue weighted by Gasteiger charge is 2.19. The van der Waals surface area contributed by atoms with E-state index < -0.39 is 12.1 Å². The predicted molar refractivity (Wildman–Crippen MR) is 112 cm³/mol. The van der Waals surface area contributed by atoms with Crippen molar-refractivity contribution in [3.8, 4) is 5.75 Å². The Hall–Kier alpha value is -3.19. The van der Waals surface area contributed by atoms with Gasteiger partial charge < -0.3 is 14.8 Å². The largest absolute Gasteiger partial charge is 0.487 e. The average Bonchev–Trinajstić information content (AvgIpc) is 3.12. The van der Waals surface area contributed by atoms with Crippen LogP contribution in [0.25, 0.3) is 0 Å². The van der Waals surface area contributed by atoms with E-state index in [1.165, 1.54) is 6.92 Å². The number of nitrogens with zero attached hydrogens (tertiary/aromatic N) is 1. The molecule has 0 spiro atoms. The first kappa shape index (κ1) is 20.5. The maximum atomic E-state index is 12.3. The number of aromatic nitrogens is 1. The van der Waals surface area contributed by atoms with Crippen LogP contribution in [0.4, 0.5) is 5.69 Å². The van der Waals surface area contributed by atoms with Gasteiger partial charge in [-0.1, -0.05) is 12.1 Å². The van der Waals surface area contributed by atoms with Crippen molar-refractivity contribution in [1.29, 1.82) is 0 Å². The van der Waals surface area contributed by atoms with E-state index >= 15 is 0 Å². The first-order chi connectivity index (χ1) is 13.9. The Balaban J connectivity index is 1.52. The minimum atomic E-state index is -0.924. The Morgan fingerprint density at radius 1 is 1.14 bits per heavy atom. The lowest BCUT2D eigenvalue weighted by Gasteiger charge is -2.14. The zero-order chi connectivity index (χ0) is 20.8. The molecule has 3 aromatic rings. The Bertz CT molecular complexity index is 998. The third kappa shape index (κ3) is 5.89. The highest BCUT2D eigenvalue weighted by atomic mass is 32.1. The van der Waals surface area contributed by atoms with Crippen molar-refractivity contribution in [3.05, 3.63) is 75.7 Å². The highest BCUT2D eigenvalue weighted by Crippen LogP contribution is 2.17. The van der Waals surface area contributed by atoms with Gasteiger partial charge in [0.25, 0.3) is 5.91 Å². The molecule has 0 saturated heterocycles. The first-order valence-electron chi connectivity index (χ1n) is 9.13. The summed E-state index contributed by atoms with van der Waals surface area (Å²) in [4.78, 5) is 28.9. The number of esters is 1. The molecule has 0 aliphatic rings. The number of nitrogens with one attached hydrogen (secondary N) is 1. The summed E-state index contributed by atoms with van der Waals surface area (Å²) in [6.45, 7) is 5.78. The molecule has 0 aliphatic carbocycles. The number of ether oxygens (including phenoxy) is 2. The molecule has 0 aliphatic heterocycles. The lowest BCUT2D eigenvalue weighted by atomic mass is 10.2. The molecule has 1 aromatic heterocycles. The molecule has 7 heteroatoms. The Morgan fingerprint density at radius 2 is 1.90 bits per heavy atom. The fourth-order valence-electron chi connectivity index (χ4n) is 2.57. The number of hydrogen-bond acceptors (Lipinski definition) is 6.